The van der Waals surface area contributed by atoms with E-state index >= 15 is 0 Å². The molecule has 88 valence electrons. The topological polar surface area (TPSA) is 63.3 Å². The van der Waals surface area contributed by atoms with Gasteiger partial charge in [0.25, 0.3) is 0 Å². The van der Waals surface area contributed by atoms with E-state index in [1.54, 1.807) is 6.07 Å². The summed E-state index contributed by atoms with van der Waals surface area (Å²) < 4.78 is 0. The number of carbonyl (C=O) groups is 1. The van der Waals surface area contributed by atoms with Crippen molar-refractivity contribution in [1.82, 2.24) is 0 Å². The molecule has 2 atom stereocenters. The van der Waals surface area contributed by atoms with Gasteiger partial charge in [-0.05, 0) is 36.1 Å². The van der Waals surface area contributed by atoms with Gasteiger partial charge in [0, 0.05) is 11.1 Å². The highest BCUT2D eigenvalue weighted by Gasteiger charge is 2.28. The van der Waals surface area contributed by atoms with Gasteiger partial charge >= 0.3 is 5.97 Å². The normalized spacial score (nSPS) is 23.1. The van der Waals surface area contributed by atoms with Crippen LogP contribution in [-0.4, -0.2) is 11.1 Å². The number of hydrogen-bond acceptors (Lipinski definition) is 2. The van der Waals surface area contributed by atoms with Crippen LogP contribution >= 0.6 is 24.0 Å². The minimum atomic E-state index is -0.772. The first-order valence-electron chi connectivity index (χ1n) is 4.84. The number of carboxylic acids is 1. The molecule has 3 nitrogen and oxygen atoms in total. The second kappa shape index (κ2) is 5.04. The standard InChI is InChI=1S/C11H12ClNO2.ClH/c12-8-2-1-6-3-7(11(14)15)4-10(13)9(6)5-8;/h1-2,5,7,10H,3-4,13H2,(H,14,15);1H/t7-,10-;/m0./s1. The van der Waals surface area contributed by atoms with Crippen molar-refractivity contribution in [2.75, 3.05) is 0 Å². The van der Waals surface area contributed by atoms with Crippen LogP contribution in [0.2, 0.25) is 5.02 Å². The summed E-state index contributed by atoms with van der Waals surface area (Å²) in [5.74, 6) is -1.14. The van der Waals surface area contributed by atoms with Gasteiger partial charge in [0.2, 0.25) is 0 Å². The molecule has 3 N–H and O–H groups in total. The Morgan fingerprint density at radius 3 is 2.81 bits per heavy atom. The fraction of sp³-hybridized carbons (Fsp3) is 0.364. The van der Waals surface area contributed by atoms with Gasteiger partial charge in [-0.15, -0.1) is 12.4 Å². The van der Waals surface area contributed by atoms with E-state index < -0.39 is 5.97 Å². The van der Waals surface area contributed by atoms with Crippen LogP contribution in [0, 0.1) is 5.92 Å². The lowest BCUT2D eigenvalue weighted by Gasteiger charge is -2.27. The smallest absolute Gasteiger partial charge is 0.306 e. The highest BCUT2D eigenvalue weighted by molar-refractivity contribution is 6.30. The van der Waals surface area contributed by atoms with Crippen molar-refractivity contribution < 1.29 is 9.90 Å². The van der Waals surface area contributed by atoms with Gasteiger partial charge in [-0.2, -0.15) is 0 Å². The van der Waals surface area contributed by atoms with Crippen molar-refractivity contribution in [2.45, 2.75) is 18.9 Å². The van der Waals surface area contributed by atoms with E-state index in [0.717, 1.165) is 11.1 Å². The summed E-state index contributed by atoms with van der Waals surface area (Å²) in [5, 5.41) is 9.61. The minimum Gasteiger partial charge on any atom is -0.481 e. The Morgan fingerprint density at radius 1 is 1.50 bits per heavy atom. The van der Waals surface area contributed by atoms with Crippen molar-refractivity contribution in [3.8, 4) is 0 Å². The summed E-state index contributed by atoms with van der Waals surface area (Å²) in [4.78, 5) is 10.9. The molecule has 0 aromatic heterocycles. The maximum Gasteiger partial charge on any atom is 0.306 e. The van der Waals surface area contributed by atoms with Gasteiger partial charge in [-0.25, -0.2) is 0 Å². The number of hydrogen-bond donors (Lipinski definition) is 2. The Bertz CT molecular complexity index is 409. The Balaban J connectivity index is 0.00000128. The quantitative estimate of drug-likeness (QED) is 0.816. The van der Waals surface area contributed by atoms with Gasteiger partial charge in [-0.3, -0.25) is 4.79 Å². The molecule has 0 bridgehead atoms. The second-order valence-electron chi connectivity index (χ2n) is 3.92. The van der Waals surface area contributed by atoms with Crippen LogP contribution in [-0.2, 0) is 11.2 Å². The van der Waals surface area contributed by atoms with Crippen LogP contribution in [0.15, 0.2) is 18.2 Å². The zero-order chi connectivity index (χ0) is 11.0. The Morgan fingerprint density at radius 2 is 2.19 bits per heavy atom. The number of nitrogens with two attached hydrogens (primary N) is 1. The van der Waals surface area contributed by atoms with Crippen LogP contribution in [0.1, 0.15) is 23.6 Å². The molecule has 2 rings (SSSR count). The Hall–Kier alpha value is -0.770. The molecule has 0 saturated carbocycles. The van der Waals surface area contributed by atoms with E-state index in [4.69, 9.17) is 22.4 Å². The number of rotatable bonds is 1. The molecule has 5 heteroatoms. The molecule has 0 fully saturated rings. The monoisotopic (exact) mass is 261 g/mol. The summed E-state index contributed by atoms with van der Waals surface area (Å²) in [7, 11) is 0. The molecule has 0 saturated heterocycles. The lowest BCUT2D eigenvalue weighted by Crippen LogP contribution is -2.28. The molecule has 0 radical (unpaired) electrons. The molecule has 0 aliphatic heterocycles. The van der Waals surface area contributed by atoms with Crippen molar-refractivity contribution in [2.24, 2.45) is 11.7 Å². The maximum absolute atomic E-state index is 10.9. The summed E-state index contributed by atoms with van der Waals surface area (Å²) in [5.41, 5.74) is 7.91. The highest BCUT2D eigenvalue weighted by Crippen LogP contribution is 2.33. The first kappa shape index (κ1) is 13.3. The van der Waals surface area contributed by atoms with Gasteiger partial charge in [0.1, 0.15) is 0 Å². The third-order valence-corrected chi connectivity index (χ3v) is 3.10. The number of fused-ring (bicyclic) bond motifs is 1. The first-order chi connectivity index (χ1) is 7.08. The molecule has 1 aliphatic rings. The van der Waals surface area contributed by atoms with E-state index in [-0.39, 0.29) is 24.4 Å². The maximum atomic E-state index is 10.9. The van der Waals surface area contributed by atoms with Crippen LogP contribution in [0.5, 0.6) is 0 Å². The Kier molecular flexibility index (Phi) is 4.19. The average molecular weight is 262 g/mol. The van der Waals surface area contributed by atoms with Crippen LogP contribution < -0.4 is 5.73 Å². The summed E-state index contributed by atoms with van der Waals surface area (Å²) in [6.45, 7) is 0. The van der Waals surface area contributed by atoms with Gasteiger partial charge in [-0.1, -0.05) is 17.7 Å². The molecule has 0 heterocycles. The lowest BCUT2D eigenvalue weighted by molar-refractivity contribution is -0.142. The van der Waals surface area contributed by atoms with E-state index in [9.17, 15) is 4.79 Å². The summed E-state index contributed by atoms with van der Waals surface area (Å²) >= 11 is 5.87. The molecule has 0 unspecified atom stereocenters. The van der Waals surface area contributed by atoms with Crippen molar-refractivity contribution in [3.05, 3.63) is 34.3 Å². The van der Waals surface area contributed by atoms with E-state index in [0.29, 0.717) is 17.9 Å². The molecular weight excluding hydrogens is 249 g/mol. The zero-order valence-electron chi connectivity index (χ0n) is 8.52. The number of benzene rings is 1. The van der Waals surface area contributed by atoms with Crippen LogP contribution in [0.4, 0.5) is 0 Å². The van der Waals surface area contributed by atoms with Crippen molar-refractivity contribution >= 4 is 30.0 Å². The molecule has 16 heavy (non-hydrogen) atoms. The molecule has 0 amide bonds. The minimum absolute atomic E-state index is 0. The van der Waals surface area contributed by atoms with E-state index in [1.165, 1.54) is 0 Å². The Labute approximate surface area is 105 Å². The zero-order valence-corrected chi connectivity index (χ0v) is 10.1. The largest absolute Gasteiger partial charge is 0.481 e. The third kappa shape index (κ3) is 2.48. The predicted octanol–water partition coefficient (Wildman–Crippen LogP) is 2.41. The number of aliphatic carboxylic acids is 1. The molecule has 1 aliphatic carbocycles. The number of halogens is 2. The molecule has 1 aromatic carbocycles. The van der Waals surface area contributed by atoms with Gasteiger partial charge in [0.15, 0.2) is 0 Å². The number of carboxylic acid groups (broad SMARTS) is 1. The second-order valence-corrected chi connectivity index (χ2v) is 4.36. The predicted molar refractivity (Wildman–Crippen MR) is 65.1 cm³/mol. The lowest BCUT2D eigenvalue weighted by atomic mass is 9.81. The average Bonchev–Trinajstić information content (AvgIpc) is 2.18. The third-order valence-electron chi connectivity index (χ3n) is 2.86. The molecule has 1 aromatic rings. The first-order valence-corrected chi connectivity index (χ1v) is 5.22. The fourth-order valence-corrected chi connectivity index (χ4v) is 2.25. The van der Waals surface area contributed by atoms with Gasteiger partial charge < -0.3 is 10.8 Å². The summed E-state index contributed by atoms with van der Waals surface area (Å²) in [6.07, 6.45) is 1.04. The summed E-state index contributed by atoms with van der Waals surface area (Å²) in [6, 6.07) is 5.26. The fourth-order valence-electron chi connectivity index (χ4n) is 2.07. The van der Waals surface area contributed by atoms with Crippen molar-refractivity contribution in [3.63, 3.8) is 0 Å². The highest BCUT2D eigenvalue weighted by atomic mass is 35.5. The van der Waals surface area contributed by atoms with E-state index in [1.807, 2.05) is 12.1 Å². The molecular formula is C11H13Cl2NO2. The van der Waals surface area contributed by atoms with E-state index in [2.05, 4.69) is 0 Å². The SMILES string of the molecule is Cl.N[C@H]1C[C@@H](C(=O)O)Cc2ccc(Cl)cc21. The van der Waals surface area contributed by atoms with Crippen molar-refractivity contribution in [1.29, 1.82) is 0 Å². The van der Waals surface area contributed by atoms with Crippen LogP contribution in [0.3, 0.4) is 0 Å². The van der Waals surface area contributed by atoms with Crippen LogP contribution in [0.25, 0.3) is 0 Å². The van der Waals surface area contributed by atoms with Gasteiger partial charge in [0.05, 0.1) is 5.92 Å². The molecule has 0 spiro atoms.